The summed E-state index contributed by atoms with van der Waals surface area (Å²) >= 11 is 1.47. The first-order valence-electron chi connectivity index (χ1n) is 10.3. The third kappa shape index (κ3) is 3.80. The number of urea groups is 1. The lowest BCUT2D eigenvalue weighted by Gasteiger charge is -2.28. The van der Waals surface area contributed by atoms with Gasteiger partial charge in [-0.2, -0.15) is 0 Å². The highest BCUT2D eigenvalue weighted by molar-refractivity contribution is 7.99. The molecule has 0 bridgehead atoms. The molecular formula is C23H24FN3O3S. The van der Waals surface area contributed by atoms with Crippen molar-refractivity contribution in [2.45, 2.75) is 30.7 Å². The lowest BCUT2D eigenvalue weighted by atomic mass is 9.85. The summed E-state index contributed by atoms with van der Waals surface area (Å²) in [5.74, 6) is -0.509. The van der Waals surface area contributed by atoms with E-state index in [1.807, 2.05) is 37.3 Å². The Balaban J connectivity index is 1.56. The van der Waals surface area contributed by atoms with E-state index in [2.05, 4.69) is 5.32 Å². The van der Waals surface area contributed by atoms with Crippen LogP contribution in [0.25, 0.3) is 0 Å². The SMILES string of the molecule is CCC[C@]1(c2ccccc2)NC(=O)N(CC(=O)N2CCS[C@H]2c2ccccc2F)C1=O. The van der Waals surface area contributed by atoms with Crippen molar-refractivity contribution in [1.29, 1.82) is 0 Å². The second kappa shape index (κ2) is 8.70. The van der Waals surface area contributed by atoms with Gasteiger partial charge in [-0.15, -0.1) is 11.8 Å². The van der Waals surface area contributed by atoms with Crippen LogP contribution in [0, 0.1) is 5.82 Å². The molecule has 0 radical (unpaired) electrons. The molecule has 0 spiro atoms. The fraction of sp³-hybridized carbons (Fsp3) is 0.348. The van der Waals surface area contributed by atoms with E-state index in [0.717, 1.165) is 4.90 Å². The van der Waals surface area contributed by atoms with E-state index in [4.69, 9.17) is 0 Å². The Morgan fingerprint density at radius 1 is 1.16 bits per heavy atom. The Labute approximate surface area is 184 Å². The lowest BCUT2D eigenvalue weighted by molar-refractivity contribution is -0.139. The van der Waals surface area contributed by atoms with Crippen LogP contribution in [-0.2, 0) is 15.1 Å². The Morgan fingerprint density at radius 2 is 1.87 bits per heavy atom. The van der Waals surface area contributed by atoms with Crippen LogP contribution in [0.5, 0.6) is 0 Å². The molecule has 2 atom stereocenters. The van der Waals surface area contributed by atoms with Gasteiger partial charge in [-0.05, 0) is 18.1 Å². The van der Waals surface area contributed by atoms with Crippen LogP contribution in [0.3, 0.4) is 0 Å². The second-order valence-electron chi connectivity index (χ2n) is 7.67. The maximum Gasteiger partial charge on any atom is 0.325 e. The van der Waals surface area contributed by atoms with Crippen molar-refractivity contribution < 1.29 is 18.8 Å². The minimum absolute atomic E-state index is 0.367. The summed E-state index contributed by atoms with van der Waals surface area (Å²) in [4.78, 5) is 41.8. The zero-order valence-corrected chi connectivity index (χ0v) is 18.0. The molecule has 0 unspecified atom stereocenters. The van der Waals surface area contributed by atoms with Crippen molar-refractivity contribution in [3.8, 4) is 0 Å². The zero-order valence-electron chi connectivity index (χ0n) is 17.2. The predicted molar refractivity (Wildman–Crippen MR) is 117 cm³/mol. The molecule has 1 N–H and O–H groups in total. The third-order valence-corrected chi connectivity index (χ3v) is 6.99. The summed E-state index contributed by atoms with van der Waals surface area (Å²) in [5, 5.41) is 2.37. The Hall–Kier alpha value is -2.87. The quantitative estimate of drug-likeness (QED) is 0.695. The van der Waals surface area contributed by atoms with Crippen LogP contribution < -0.4 is 5.32 Å². The number of nitrogens with zero attached hydrogens (tertiary/aromatic N) is 2. The number of hydrogen-bond donors (Lipinski definition) is 1. The number of rotatable bonds is 6. The summed E-state index contributed by atoms with van der Waals surface area (Å²) < 4.78 is 14.3. The topological polar surface area (TPSA) is 69.7 Å². The number of amides is 4. The highest BCUT2D eigenvalue weighted by Crippen LogP contribution is 2.39. The molecule has 0 aliphatic carbocycles. The van der Waals surface area contributed by atoms with Crippen molar-refractivity contribution in [2.75, 3.05) is 18.8 Å². The third-order valence-electron chi connectivity index (χ3n) is 5.74. The van der Waals surface area contributed by atoms with Gasteiger partial charge in [-0.1, -0.05) is 61.9 Å². The number of imide groups is 1. The smallest absolute Gasteiger partial charge is 0.324 e. The van der Waals surface area contributed by atoms with Crippen molar-refractivity contribution in [3.63, 3.8) is 0 Å². The number of carbonyl (C=O) groups excluding carboxylic acids is 3. The van der Waals surface area contributed by atoms with Crippen LogP contribution in [0.1, 0.15) is 36.3 Å². The van der Waals surface area contributed by atoms with E-state index in [0.29, 0.717) is 36.3 Å². The highest BCUT2D eigenvalue weighted by Gasteiger charge is 2.52. The van der Waals surface area contributed by atoms with Crippen molar-refractivity contribution in [3.05, 3.63) is 71.5 Å². The first-order valence-corrected chi connectivity index (χ1v) is 11.4. The van der Waals surface area contributed by atoms with E-state index in [9.17, 15) is 18.8 Å². The standard InChI is InChI=1S/C23H24FN3O3S/c1-2-12-23(16-8-4-3-5-9-16)21(29)27(22(30)25-23)15-19(28)26-13-14-31-20(26)17-10-6-7-11-18(17)24/h3-11,20H,2,12-15H2,1H3,(H,25,30)/t20-,23+/m0/s1. The largest absolute Gasteiger partial charge is 0.325 e. The van der Waals surface area contributed by atoms with Gasteiger partial charge >= 0.3 is 6.03 Å². The number of hydrogen-bond acceptors (Lipinski definition) is 4. The molecule has 2 heterocycles. The van der Waals surface area contributed by atoms with Crippen molar-refractivity contribution >= 4 is 29.6 Å². The highest BCUT2D eigenvalue weighted by atomic mass is 32.2. The fourth-order valence-corrected chi connectivity index (χ4v) is 5.56. The van der Waals surface area contributed by atoms with E-state index < -0.39 is 22.9 Å². The normalized spacial score (nSPS) is 23.4. The van der Waals surface area contributed by atoms with Crippen molar-refractivity contribution in [1.82, 2.24) is 15.1 Å². The van der Waals surface area contributed by atoms with Gasteiger partial charge in [-0.3, -0.25) is 14.5 Å². The van der Waals surface area contributed by atoms with E-state index >= 15 is 0 Å². The van der Waals surface area contributed by atoms with Crippen LogP contribution in [-0.4, -0.2) is 46.5 Å². The summed E-state index contributed by atoms with van der Waals surface area (Å²) in [6.45, 7) is 2.01. The Kier molecular flexibility index (Phi) is 6.00. The first-order chi connectivity index (χ1) is 15.0. The summed E-state index contributed by atoms with van der Waals surface area (Å²) in [6.07, 6.45) is 1.12. The molecule has 2 aliphatic heterocycles. The summed E-state index contributed by atoms with van der Waals surface area (Å²) in [5.41, 5.74) is -0.0378. The minimum atomic E-state index is -1.17. The molecule has 6 nitrogen and oxygen atoms in total. The molecule has 8 heteroatoms. The summed E-state index contributed by atoms with van der Waals surface area (Å²) in [6, 6.07) is 14.9. The van der Waals surface area contributed by atoms with Crippen LogP contribution in [0.2, 0.25) is 0 Å². The van der Waals surface area contributed by atoms with Gasteiger partial charge in [0.15, 0.2) is 0 Å². The number of halogens is 1. The van der Waals surface area contributed by atoms with Gasteiger partial charge in [-0.25, -0.2) is 9.18 Å². The monoisotopic (exact) mass is 441 g/mol. The van der Waals surface area contributed by atoms with Crippen LogP contribution >= 0.6 is 11.8 Å². The predicted octanol–water partition coefficient (Wildman–Crippen LogP) is 3.65. The molecule has 2 aliphatic rings. The average molecular weight is 442 g/mol. The minimum Gasteiger partial charge on any atom is -0.324 e. The Morgan fingerprint density at radius 3 is 2.58 bits per heavy atom. The maximum absolute atomic E-state index is 14.3. The number of benzene rings is 2. The molecule has 162 valence electrons. The van der Waals surface area contributed by atoms with Gasteiger partial charge in [0.25, 0.3) is 5.91 Å². The Bertz CT molecular complexity index is 1000. The lowest BCUT2D eigenvalue weighted by Crippen LogP contribution is -2.45. The van der Waals surface area contributed by atoms with Crippen LogP contribution in [0.4, 0.5) is 9.18 Å². The van der Waals surface area contributed by atoms with E-state index in [-0.39, 0.29) is 18.3 Å². The van der Waals surface area contributed by atoms with E-state index in [1.54, 1.807) is 23.1 Å². The van der Waals surface area contributed by atoms with Gasteiger partial charge < -0.3 is 10.2 Å². The van der Waals surface area contributed by atoms with E-state index in [1.165, 1.54) is 17.8 Å². The zero-order chi connectivity index (χ0) is 22.0. The molecule has 2 aromatic carbocycles. The molecule has 31 heavy (non-hydrogen) atoms. The number of nitrogens with one attached hydrogen (secondary N) is 1. The molecule has 0 saturated carbocycles. The average Bonchev–Trinajstić information content (AvgIpc) is 3.35. The molecule has 0 aromatic heterocycles. The van der Waals surface area contributed by atoms with Crippen molar-refractivity contribution in [2.24, 2.45) is 0 Å². The molecule has 2 aromatic rings. The fourth-order valence-electron chi connectivity index (χ4n) is 4.26. The second-order valence-corrected chi connectivity index (χ2v) is 8.86. The summed E-state index contributed by atoms with van der Waals surface area (Å²) in [7, 11) is 0. The number of carbonyl (C=O) groups is 3. The first kappa shape index (κ1) is 21.4. The molecule has 4 rings (SSSR count). The maximum atomic E-state index is 14.3. The van der Waals surface area contributed by atoms with Gasteiger partial charge in [0.1, 0.15) is 23.3 Å². The molecular weight excluding hydrogens is 417 g/mol. The van der Waals surface area contributed by atoms with Crippen LogP contribution in [0.15, 0.2) is 54.6 Å². The number of thioether (sulfide) groups is 1. The molecule has 2 fully saturated rings. The van der Waals surface area contributed by atoms with Gasteiger partial charge in [0.05, 0.1) is 0 Å². The van der Waals surface area contributed by atoms with Gasteiger partial charge in [0, 0.05) is 17.9 Å². The molecule has 2 saturated heterocycles. The van der Waals surface area contributed by atoms with Gasteiger partial charge in [0.2, 0.25) is 5.91 Å². The molecule has 4 amide bonds.